The van der Waals surface area contributed by atoms with E-state index in [4.69, 9.17) is 0 Å². The number of carbonyl (C=O) groups excluding carboxylic acids is 1. The van der Waals surface area contributed by atoms with Crippen molar-refractivity contribution in [3.63, 3.8) is 0 Å². The molecule has 4 rings (SSSR count). The maximum Gasteiger partial charge on any atom is 0.251 e. The smallest absolute Gasteiger partial charge is 0.251 e. The Bertz CT molecular complexity index is 1070. The first-order valence-electron chi connectivity index (χ1n) is 8.80. The van der Waals surface area contributed by atoms with Gasteiger partial charge in [-0.25, -0.2) is 9.67 Å². The average molecular weight is 389 g/mol. The number of imidazole rings is 1. The first-order valence-corrected chi connectivity index (χ1v) is 10.0. The lowest BCUT2D eigenvalue weighted by Gasteiger charge is -2.11. The van der Waals surface area contributed by atoms with Gasteiger partial charge >= 0.3 is 0 Å². The summed E-state index contributed by atoms with van der Waals surface area (Å²) in [7, 11) is 0. The lowest BCUT2D eigenvalue weighted by atomic mass is 10.1. The number of hydrogen-bond acceptors (Lipinski definition) is 4. The third kappa shape index (κ3) is 3.70. The van der Waals surface area contributed by atoms with Crippen LogP contribution in [-0.4, -0.2) is 31.5 Å². The van der Waals surface area contributed by atoms with Crippen molar-refractivity contribution in [3.8, 4) is 11.4 Å². The monoisotopic (exact) mass is 389 g/mol. The molecule has 0 fully saturated rings. The van der Waals surface area contributed by atoms with Gasteiger partial charge in [-0.3, -0.25) is 9.36 Å². The fraction of sp³-hybridized carbons (Fsp3) is 0.0952. The number of para-hydroxylation sites is 1. The van der Waals surface area contributed by atoms with Gasteiger partial charge in [0.1, 0.15) is 0 Å². The standard InChI is InChI=1S/C21H19N5OS/c1-28-21-22-12-14-25(21)18-9-7-16(8-10-18)20(27)23-15-17-5-2-3-6-19(17)26-13-4-11-24-26/h2-14H,15H2,1H3,(H,23,27). The zero-order valence-corrected chi connectivity index (χ0v) is 16.1. The zero-order chi connectivity index (χ0) is 19.3. The molecule has 0 aliphatic carbocycles. The van der Waals surface area contributed by atoms with Gasteiger partial charge < -0.3 is 5.32 Å². The molecule has 140 valence electrons. The Hall–Kier alpha value is -3.32. The topological polar surface area (TPSA) is 64.7 Å². The van der Waals surface area contributed by atoms with Crippen LogP contribution in [0.2, 0.25) is 0 Å². The molecule has 28 heavy (non-hydrogen) atoms. The summed E-state index contributed by atoms with van der Waals surface area (Å²) in [5, 5.41) is 8.18. The summed E-state index contributed by atoms with van der Waals surface area (Å²) in [5.41, 5.74) is 3.54. The number of thioether (sulfide) groups is 1. The molecule has 1 amide bonds. The summed E-state index contributed by atoms with van der Waals surface area (Å²) in [6, 6.07) is 17.3. The van der Waals surface area contributed by atoms with Crippen LogP contribution in [0.25, 0.3) is 11.4 Å². The van der Waals surface area contributed by atoms with Gasteiger partial charge in [0.15, 0.2) is 5.16 Å². The molecule has 0 aliphatic heterocycles. The zero-order valence-electron chi connectivity index (χ0n) is 15.3. The van der Waals surface area contributed by atoms with Crippen LogP contribution in [0.15, 0.2) is 84.5 Å². The molecule has 2 aromatic heterocycles. The second kappa shape index (κ2) is 8.14. The molecule has 0 spiro atoms. The van der Waals surface area contributed by atoms with Crippen LogP contribution in [0, 0.1) is 0 Å². The summed E-state index contributed by atoms with van der Waals surface area (Å²) in [4.78, 5) is 16.9. The predicted molar refractivity (Wildman–Crippen MR) is 110 cm³/mol. The van der Waals surface area contributed by atoms with Crippen LogP contribution in [0.5, 0.6) is 0 Å². The normalized spacial score (nSPS) is 10.8. The largest absolute Gasteiger partial charge is 0.348 e. The lowest BCUT2D eigenvalue weighted by molar-refractivity contribution is 0.0951. The summed E-state index contributed by atoms with van der Waals surface area (Å²) in [5.74, 6) is -0.113. The number of aromatic nitrogens is 4. The number of nitrogens with one attached hydrogen (secondary N) is 1. The van der Waals surface area contributed by atoms with Crippen molar-refractivity contribution in [2.24, 2.45) is 0 Å². The maximum atomic E-state index is 12.6. The molecule has 0 unspecified atom stereocenters. The quantitative estimate of drug-likeness (QED) is 0.511. The van der Waals surface area contributed by atoms with E-state index in [-0.39, 0.29) is 5.91 Å². The van der Waals surface area contributed by atoms with E-state index in [2.05, 4.69) is 15.4 Å². The fourth-order valence-electron chi connectivity index (χ4n) is 2.98. The van der Waals surface area contributed by atoms with Crippen molar-refractivity contribution in [1.29, 1.82) is 0 Å². The summed E-state index contributed by atoms with van der Waals surface area (Å²) >= 11 is 1.58. The predicted octanol–water partition coefficient (Wildman–Crippen LogP) is 3.71. The molecule has 1 N–H and O–H groups in total. The van der Waals surface area contributed by atoms with Crippen molar-refractivity contribution < 1.29 is 4.79 Å². The van der Waals surface area contributed by atoms with Crippen LogP contribution >= 0.6 is 11.8 Å². The van der Waals surface area contributed by atoms with Gasteiger partial charge in [-0.15, -0.1) is 0 Å². The Balaban J connectivity index is 1.47. The van der Waals surface area contributed by atoms with E-state index in [1.807, 2.05) is 77.8 Å². The summed E-state index contributed by atoms with van der Waals surface area (Å²) < 4.78 is 3.79. The molecule has 4 aromatic rings. The maximum absolute atomic E-state index is 12.6. The van der Waals surface area contributed by atoms with Gasteiger partial charge in [0, 0.05) is 42.6 Å². The molecule has 0 atom stereocenters. The van der Waals surface area contributed by atoms with E-state index in [9.17, 15) is 4.79 Å². The van der Waals surface area contributed by atoms with E-state index in [1.165, 1.54) is 0 Å². The number of rotatable bonds is 6. The SMILES string of the molecule is CSc1nccn1-c1ccc(C(=O)NCc2ccccc2-n2cccn2)cc1. The first-order chi connectivity index (χ1) is 13.8. The highest BCUT2D eigenvalue weighted by molar-refractivity contribution is 7.98. The van der Waals surface area contributed by atoms with E-state index >= 15 is 0 Å². The Labute approximate surface area is 167 Å². The van der Waals surface area contributed by atoms with Gasteiger partial charge in [0.25, 0.3) is 5.91 Å². The van der Waals surface area contributed by atoms with Gasteiger partial charge in [-0.1, -0.05) is 30.0 Å². The van der Waals surface area contributed by atoms with Crippen LogP contribution < -0.4 is 5.32 Å². The molecule has 0 aliphatic rings. The minimum Gasteiger partial charge on any atom is -0.348 e. The van der Waals surface area contributed by atoms with Crippen molar-refractivity contribution in [3.05, 3.63) is 90.5 Å². The van der Waals surface area contributed by atoms with Crippen molar-refractivity contribution >= 4 is 17.7 Å². The van der Waals surface area contributed by atoms with Crippen LogP contribution in [-0.2, 0) is 6.54 Å². The average Bonchev–Trinajstić information content (AvgIpc) is 3.44. The third-order valence-corrected chi connectivity index (χ3v) is 5.05. The van der Waals surface area contributed by atoms with Gasteiger partial charge in [-0.05, 0) is 48.2 Å². The second-order valence-electron chi connectivity index (χ2n) is 6.09. The van der Waals surface area contributed by atoms with Crippen LogP contribution in [0.4, 0.5) is 0 Å². The minimum atomic E-state index is -0.113. The first kappa shape index (κ1) is 18.1. The number of amides is 1. The molecular weight excluding hydrogens is 370 g/mol. The van der Waals surface area contributed by atoms with Crippen LogP contribution in [0.3, 0.4) is 0 Å². The van der Waals surface area contributed by atoms with Crippen molar-refractivity contribution in [2.45, 2.75) is 11.7 Å². The Kier molecular flexibility index (Phi) is 5.25. The highest BCUT2D eigenvalue weighted by Crippen LogP contribution is 2.18. The molecule has 6 nitrogen and oxygen atoms in total. The lowest BCUT2D eigenvalue weighted by Crippen LogP contribution is -2.23. The Morgan fingerprint density at radius 3 is 2.61 bits per heavy atom. The molecule has 7 heteroatoms. The highest BCUT2D eigenvalue weighted by atomic mass is 32.2. The number of benzene rings is 2. The van der Waals surface area contributed by atoms with E-state index in [0.29, 0.717) is 12.1 Å². The number of hydrogen-bond donors (Lipinski definition) is 1. The fourth-order valence-corrected chi connectivity index (χ4v) is 3.51. The van der Waals surface area contributed by atoms with E-state index < -0.39 is 0 Å². The molecule has 2 aromatic carbocycles. The molecule has 2 heterocycles. The van der Waals surface area contributed by atoms with Crippen molar-refractivity contribution in [2.75, 3.05) is 6.26 Å². The number of carbonyl (C=O) groups is 1. The third-order valence-electron chi connectivity index (χ3n) is 4.38. The van der Waals surface area contributed by atoms with Gasteiger partial charge in [0.2, 0.25) is 0 Å². The van der Waals surface area contributed by atoms with Gasteiger partial charge in [0.05, 0.1) is 5.69 Å². The molecule has 0 bridgehead atoms. The van der Waals surface area contributed by atoms with E-state index in [0.717, 1.165) is 22.1 Å². The Morgan fingerprint density at radius 1 is 1.04 bits per heavy atom. The molecule has 0 radical (unpaired) electrons. The molecule has 0 saturated heterocycles. The highest BCUT2D eigenvalue weighted by Gasteiger charge is 2.10. The van der Waals surface area contributed by atoms with Gasteiger partial charge in [-0.2, -0.15) is 5.10 Å². The minimum absolute atomic E-state index is 0.113. The summed E-state index contributed by atoms with van der Waals surface area (Å²) in [6.07, 6.45) is 9.29. The van der Waals surface area contributed by atoms with Crippen LogP contribution in [0.1, 0.15) is 15.9 Å². The Morgan fingerprint density at radius 2 is 1.86 bits per heavy atom. The van der Waals surface area contributed by atoms with Crippen molar-refractivity contribution in [1.82, 2.24) is 24.6 Å². The molecular formula is C21H19N5OS. The van der Waals surface area contributed by atoms with E-state index in [1.54, 1.807) is 28.8 Å². The summed E-state index contributed by atoms with van der Waals surface area (Å²) in [6.45, 7) is 0.425. The number of nitrogens with zero attached hydrogens (tertiary/aromatic N) is 4. The molecule has 0 saturated carbocycles. The second-order valence-corrected chi connectivity index (χ2v) is 6.87.